The lowest BCUT2D eigenvalue weighted by atomic mass is 10.2. The molecule has 0 radical (unpaired) electrons. The summed E-state index contributed by atoms with van der Waals surface area (Å²) < 4.78 is 43.0. The Morgan fingerprint density at radius 3 is 2.46 bits per heavy atom. The van der Waals surface area contributed by atoms with E-state index in [4.69, 9.17) is 4.55 Å². The van der Waals surface area contributed by atoms with E-state index in [0.29, 0.717) is 0 Å². The predicted octanol–water partition coefficient (Wildman–Crippen LogP) is 2.14. The molecule has 0 saturated heterocycles. The van der Waals surface area contributed by atoms with Crippen molar-refractivity contribution >= 4 is 26.0 Å². The van der Waals surface area contributed by atoms with Crippen molar-refractivity contribution in [2.45, 2.75) is 11.8 Å². The Balaban J connectivity index is 3.50. The second kappa shape index (κ2) is 3.36. The Kier molecular flexibility index (Phi) is 2.74. The Morgan fingerprint density at radius 1 is 1.46 bits per heavy atom. The lowest BCUT2D eigenvalue weighted by Crippen LogP contribution is -2.01. The normalized spacial score (nSPS) is 11.7. The van der Waals surface area contributed by atoms with Gasteiger partial charge in [0.2, 0.25) is 0 Å². The fourth-order valence-electron chi connectivity index (χ4n) is 0.906. The first-order valence-corrected chi connectivity index (χ1v) is 5.49. The highest BCUT2D eigenvalue weighted by Crippen LogP contribution is 2.23. The summed E-state index contributed by atoms with van der Waals surface area (Å²) in [6, 6.07) is 2.06. The predicted molar refractivity (Wildman–Crippen MR) is 48.7 cm³/mol. The minimum Gasteiger partial charge on any atom is -0.282 e. The summed E-state index contributed by atoms with van der Waals surface area (Å²) in [5.74, 6) is -0.565. The maximum absolute atomic E-state index is 12.8. The van der Waals surface area contributed by atoms with Gasteiger partial charge in [0.1, 0.15) is 5.82 Å². The van der Waals surface area contributed by atoms with Crippen LogP contribution in [0.3, 0.4) is 0 Å². The first-order chi connectivity index (χ1) is 5.82. The summed E-state index contributed by atoms with van der Waals surface area (Å²) in [6.45, 7) is 1.40. The highest BCUT2D eigenvalue weighted by atomic mass is 79.9. The van der Waals surface area contributed by atoms with Crippen LogP contribution in [0, 0.1) is 12.7 Å². The zero-order valence-corrected chi connectivity index (χ0v) is 8.99. The van der Waals surface area contributed by atoms with Gasteiger partial charge in [-0.1, -0.05) is 0 Å². The van der Waals surface area contributed by atoms with Crippen molar-refractivity contribution in [3.8, 4) is 0 Å². The number of hydrogen-bond acceptors (Lipinski definition) is 2. The van der Waals surface area contributed by atoms with Crippen molar-refractivity contribution in [2.24, 2.45) is 0 Å². The maximum atomic E-state index is 12.8. The van der Waals surface area contributed by atoms with E-state index in [1.165, 1.54) is 6.92 Å². The van der Waals surface area contributed by atoms with E-state index in [0.717, 1.165) is 12.1 Å². The largest absolute Gasteiger partial charge is 0.294 e. The van der Waals surface area contributed by atoms with Crippen molar-refractivity contribution in [3.63, 3.8) is 0 Å². The Labute approximate surface area is 83.5 Å². The van der Waals surface area contributed by atoms with Crippen molar-refractivity contribution < 1.29 is 17.4 Å². The van der Waals surface area contributed by atoms with Gasteiger partial charge in [-0.25, -0.2) is 4.39 Å². The van der Waals surface area contributed by atoms with Gasteiger partial charge in [0.15, 0.2) is 0 Å². The van der Waals surface area contributed by atoms with Gasteiger partial charge >= 0.3 is 0 Å². The lowest BCUT2D eigenvalue weighted by Gasteiger charge is -2.03. The van der Waals surface area contributed by atoms with Gasteiger partial charge in [-0.2, -0.15) is 8.42 Å². The molecule has 0 aliphatic rings. The van der Waals surface area contributed by atoms with Gasteiger partial charge in [0, 0.05) is 0 Å². The summed E-state index contributed by atoms with van der Waals surface area (Å²) in [5.41, 5.74) is 0.170. The van der Waals surface area contributed by atoms with Gasteiger partial charge < -0.3 is 0 Å². The highest BCUT2D eigenvalue weighted by Gasteiger charge is 2.15. The molecule has 1 rings (SSSR count). The number of benzene rings is 1. The van der Waals surface area contributed by atoms with Crippen LogP contribution in [0.1, 0.15) is 5.56 Å². The molecule has 0 unspecified atom stereocenters. The molecule has 0 aliphatic heterocycles. The lowest BCUT2D eigenvalue weighted by molar-refractivity contribution is 0.482. The fraction of sp³-hybridized carbons (Fsp3) is 0.143. The van der Waals surface area contributed by atoms with E-state index >= 15 is 0 Å². The zero-order valence-electron chi connectivity index (χ0n) is 6.58. The number of halogens is 2. The second-order valence-electron chi connectivity index (χ2n) is 2.51. The van der Waals surface area contributed by atoms with Crippen LogP contribution < -0.4 is 0 Å². The zero-order chi connectivity index (χ0) is 10.2. The third-order valence-electron chi connectivity index (χ3n) is 1.50. The van der Waals surface area contributed by atoms with Gasteiger partial charge in [0.25, 0.3) is 10.1 Å². The Hall–Kier alpha value is -0.460. The average molecular weight is 269 g/mol. The summed E-state index contributed by atoms with van der Waals surface area (Å²) >= 11 is 2.82. The molecular weight excluding hydrogens is 263 g/mol. The molecule has 0 aliphatic carbocycles. The molecule has 0 fully saturated rings. The molecular formula is C7H6BrFO3S. The SMILES string of the molecule is Cc1cc(F)c(Br)cc1S(=O)(=O)O. The first-order valence-electron chi connectivity index (χ1n) is 3.25. The summed E-state index contributed by atoms with van der Waals surface area (Å²) in [5, 5.41) is 0. The van der Waals surface area contributed by atoms with E-state index in [1.54, 1.807) is 0 Å². The minimum atomic E-state index is -4.27. The van der Waals surface area contributed by atoms with E-state index < -0.39 is 15.9 Å². The van der Waals surface area contributed by atoms with Crippen LogP contribution in [0.5, 0.6) is 0 Å². The number of rotatable bonds is 1. The molecule has 0 amide bonds. The molecule has 0 aromatic heterocycles. The van der Waals surface area contributed by atoms with Crippen molar-refractivity contribution in [2.75, 3.05) is 0 Å². The molecule has 0 saturated carbocycles. The van der Waals surface area contributed by atoms with Crippen molar-refractivity contribution in [3.05, 3.63) is 28.0 Å². The molecule has 1 N–H and O–H groups in total. The average Bonchev–Trinajstić information content (AvgIpc) is 1.94. The van der Waals surface area contributed by atoms with Crippen molar-refractivity contribution in [1.82, 2.24) is 0 Å². The quantitative estimate of drug-likeness (QED) is 0.795. The third kappa shape index (κ3) is 2.26. The smallest absolute Gasteiger partial charge is 0.282 e. The van der Waals surface area contributed by atoms with Crippen LogP contribution in [0.4, 0.5) is 4.39 Å². The van der Waals surface area contributed by atoms with E-state index in [2.05, 4.69) is 15.9 Å². The van der Waals surface area contributed by atoms with Crippen LogP contribution in [-0.2, 0) is 10.1 Å². The van der Waals surface area contributed by atoms with Gasteiger partial charge in [0.05, 0.1) is 9.37 Å². The van der Waals surface area contributed by atoms with Crippen LogP contribution >= 0.6 is 15.9 Å². The van der Waals surface area contributed by atoms with Gasteiger partial charge in [-0.05, 0) is 40.5 Å². The molecule has 0 atom stereocenters. The molecule has 0 bridgehead atoms. The van der Waals surface area contributed by atoms with Crippen LogP contribution in [0.25, 0.3) is 0 Å². The highest BCUT2D eigenvalue weighted by molar-refractivity contribution is 9.10. The van der Waals surface area contributed by atoms with E-state index in [1.807, 2.05) is 0 Å². The van der Waals surface area contributed by atoms with Crippen LogP contribution in [0.15, 0.2) is 21.5 Å². The minimum absolute atomic E-state index is 0.00530. The molecule has 0 heterocycles. The van der Waals surface area contributed by atoms with Gasteiger partial charge in [-0.3, -0.25) is 4.55 Å². The topological polar surface area (TPSA) is 54.4 Å². The Morgan fingerprint density at radius 2 is 2.00 bits per heavy atom. The summed E-state index contributed by atoms with van der Waals surface area (Å²) in [7, 11) is -4.27. The molecule has 0 spiro atoms. The Bertz CT molecular complexity index is 441. The van der Waals surface area contributed by atoms with Gasteiger partial charge in [-0.15, -0.1) is 0 Å². The fourth-order valence-corrected chi connectivity index (χ4v) is 2.13. The van der Waals surface area contributed by atoms with E-state index in [-0.39, 0.29) is 14.9 Å². The number of hydrogen-bond donors (Lipinski definition) is 1. The van der Waals surface area contributed by atoms with Crippen LogP contribution in [0.2, 0.25) is 0 Å². The monoisotopic (exact) mass is 268 g/mol. The third-order valence-corrected chi connectivity index (χ3v) is 3.10. The molecule has 1 aromatic carbocycles. The van der Waals surface area contributed by atoms with Crippen LogP contribution in [-0.4, -0.2) is 13.0 Å². The summed E-state index contributed by atoms with van der Waals surface area (Å²) in [4.78, 5) is -0.291. The standard InChI is InChI=1S/C7H6BrFO3S/c1-4-2-6(9)5(8)3-7(4)13(10,11)12/h2-3H,1H3,(H,10,11,12). The molecule has 13 heavy (non-hydrogen) atoms. The first kappa shape index (κ1) is 10.6. The molecule has 3 nitrogen and oxygen atoms in total. The van der Waals surface area contributed by atoms with E-state index in [9.17, 15) is 12.8 Å². The molecule has 1 aromatic rings. The summed E-state index contributed by atoms with van der Waals surface area (Å²) in [6.07, 6.45) is 0. The van der Waals surface area contributed by atoms with Crippen molar-refractivity contribution in [1.29, 1.82) is 0 Å². The maximum Gasteiger partial charge on any atom is 0.294 e. The number of aryl methyl sites for hydroxylation is 1. The second-order valence-corrected chi connectivity index (χ2v) is 4.75. The molecule has 72 valence electrons. The molecule has 6 heteroatoms.